The highest BCUT2D eigenvalue weighted by molar-refractivity contribution is 6.33. The predicted octanol–water partition coefficient (Wildman–Crippen LogP) is 5.43. The van der Waals surface area contributed by atoms with Crippen molar-refractivity contribution in [3.63, 3.8) is 0 Å². The molecule has 1 unspecified atom stereocenters. The molecule has 1 atom stereocenters. The van der Waals surface area contributed by atoms with Crippen LogP contribution in [-0.2, 0) is 6.42 Å². The van der Waals surface area contributed by atoms with Crippen LogP contribution in [0.25, 0.3) is 10.9 Å². The first-order chi connectivity index (χ1) is 15.1. The van der Waals surface area contributed by atoms with Crippen molar-refractivity contribution in [3.8, 4) is 11.5 Å². The van der Waals surface area contributed by atoms with Gasteiger partial charge in [-0.05, 0) is 35.7 Å². The maximum Gasteiger partial charge on any atom is 0.229 e. The number of rotatable bonds is 4. The molecule has 158 valence electrons. The van der Waals surface area contributed by atoms with Crippen LogP contribution in [0.15, 0.2) is 48.5 Å². The molecule has 0 bridgehead atoms. The van der Waals surface area contributed by atoms with Crippen LogP contribution >= 0.6 is 23.2 Å². The van der Waals surface area contributed by atoms with Crippen LogP contribution in [0.3, 0.4) is 0 Å². The maximum atomic E-state index is 6.21. The number of methoxy groups -OCH3 is 2. The van der Waals surface area contributed by atoms with Gasteiger partial charge in [-0.15, -0.1) is 0 Å². The highest BCUT2D eigenvalue weighted by atomic mass is 35.5. The second-order valence-electron chi connectivity index (χ2n) is 7.37. The van der Waals surface area contributed by atoms with E-state index in [9.17, 15) is 0 Å². The van der Waals surface area contributed by atoms with Crippen molar-refractivity contribution >= 4 is 40.1 Å². The number of ether oxygens (including phenoxy) is 2. The Balaban J connectivity index is 1.74. The molecule has 2 aromatic carbocycles. The van der Waals surface area contributed by atoms with E-state index in [1.807, 2.05) is 24.3 Å². The van der Waals surface area contributed by atoms with Gasteiger partial charge in [-0.1, -0.05) is 41.4 Å². The molecule has 31 heavy (non-hydrogen) atoms. The summed E-state index contributed by atoms with van der Waals surface area (Å²) in [4.78, 5) is 14.7. The van der Waals surface area contributed by atoms with Crippen molar-refractivity contribution < 1.29 is 9.47 Å². The smallest absolute Gasteiger partial charge is 0.229 e. The molecule has 0 amide bonds. The number of benzene rings is 2. The molecule has 1 N–H and O–H groups in total. The summed E-state index contributed by atoms with van der Waals surface area (Å²) < 4.78 is 11.1. The summed E-state index contributed by atoms with van der Waals surface area (Å²) in [5, 5.41) is 1.83. The largest absolute Gasteiger partial charge is 0.497 e. The lowest BCUT2D eigenvalue weighted by atomic mass is 9.92. The van der Waals surface area contributed by atoms with Gasteiger partial charge < -0.3 is 19.4 Å². The van der Waals surface area contributed by atoms with Gasteiger partial charge in [0.25, 0.3) is 0 Å². The third-order valence-electron chi connectivity index (χ3n) is 5.63. The second-order valence-corrected chi connectivity index (χ2v) is 8.14. The van der Waals surface area contributed by atoms with E-state index >= 15 is 0 Å². The summed E-state index contributed by atoms with van der Waals surface area (Å²) in [6.45, 7) is 0.704. The van der Waals surface area contributed by atoms with Crippen LogP contribution in [0.4, 0.5) is 5.95 Å². The van der Waals surface area contributed by atoms with E-state index in [-0.39, 0.29) is 6.04 Å². The van der Waals surface area contributed by atoms with Crippen LogP contribution in [0.1, 0.15) is 22.9 Å². The lowest BCUT2D eigenvalue weighted by molar-refractivity contribution is 0.392. The molecular formula is C23H20Cl2N4O2. The van der Waals surface area contributed by atoms with Crippen LogP contribution in [-0.4, -0.2) is 35.7 Å². The van der Waals surface area contributed by atoms with Crippen molar-refractivity contribution in [2.45, 2.75) is 12.5 Å². The van der Waals surface area contributed by atoms with E-state index in [0.29, 0.717) is 34.3 Å². The van der Waals surface area contributed by atoms with Gasteiger partial charge >= 0.3 is 0 Å². The minimum Gasteiger partial charge on any atom is -0.497 e. The summed E-state index contributed by atoms with van der Waals surface area (Å²) >= 11 is 12.4. The van der Waals surface area contributed by atoms with Gasteiger partial charge in [-0.2, -0.15) is 0 Å². The molecular weight excluding hydrogens is 435 g/mol. The Kier molecular flexibility index (Phi) is 5.12. The van der Waals surface area contributed by atoms with E-state index in [1.54, 1.807) is 14.2 Å². The summed E-state index contributed by atoms with van der Waals surface area (Å²) in [5.74, 6) is 1.90. The molecule has 0 saturated heterocycles. The Hall–Kier alpha value is -2.96. The Morgan fingerprint density at radius 3 is 2.32 bits per heavy atom. The number of fused-ring (bicyclic) bond motifs is 3. The molecule has 0 saturated carbocycles. The van der Waals surface area contributed by atoms with E-state index in [0.717, 1.165) is 23.2 Å². The van der Waals surface area contributed by atoms with Gasteiger partial charge in [0.2, 0.25) is 5.95 Å². The Labute approximate surface area is 189 Å². The van der Waals surface area contributed by atoms with Gasteiger partial charge in [0.1, 0.15) is 21.8 Å². The fourth-order valence-corrected chi connectivity index (χ4v) is 4.71. The number of H-pyrrole nitrogens is 1. The zero-order chi connectivity index (χ0) is 21.5. The first kappa shape index (κ1) is 20.0. The van der Waals surface area contributed by atoms with Gasteiger partial charge in [-0.25, -0.2) is 9.97 Å². The zero-order valence-corrected chi connectivity index (χ0v) is 18.5. The molecule has 3 heterocycles. The molecule has 1 aliphatic heterocycles. The average molecular weight is 455 g/mol. The Bertz CT molecular complexity index is 1230. The molecule has 0 spiro atoms. The molecule has 5 rings (SSSR count). The number of hydrogen-bond donors (Lipinski definition) is 1. The van der Waals surface area contributed by atoms with Crippen molar-refractivity contribution in [1.82, 2.24) is 15.0 Å². The molecule has 6 nitrogen and oxygen atoms in total. The lowest BCUT2D eigenvalue weighted by Crippen LogP contribution is -2.37. The molecule has 0 radical (unpaired) electrons. The van der Waals surface area contributed by atoms with Crippen molar-refractivity contribution in [1.29, 1.82) is 0 Å². The van der Waals surface area contributed by atoms with Crippen LogP contribution in [0.2, 0.25) is 10.3 Å². The lowest BCUT2D eigenvalue weighted by Gasteiger charge is -2.36. The highest BCUT2D eigenvalue weighted by Gasteiger charge is 2.34. The second kappa shape index (κ2) is 7.94. The summed E-state index contributed by atoms with van der Waals surface area (Å²) in [6.07, 6.45) is 0.838. The van der Waals surface area contributed by atoms with Crippen LogP contribution in [0, 0.1) is 0 Å². The molecule has 0 fully saturated rings. The predicted molar refractivity (Wildman–Crippen MR) is 123 cm³/mol. The van der Waals surface area contributed by atoms with Crippen molar-refractivity contribution in [2.24, 2.45) is 0 Å². The van der Waals surface area contributed by atoms with E-state index in [4.69, 9.17) is 32.7 Å². The molecule has 4 aromatic rings. The topological polar surface area (TPSA) is 63.3 Å². The first-order valence-corrected chi connectivity index (χ1v) is 10.6. The summed E-state index contributed by atoms with van der Waals surface area (Å²) in [7, 11) is 3.29. The minimum atomic E-state index is -0.199. The van der Waals surface area contributed by atoms with Crippen molar-refractivity contribution in [3.05, 3.63) is 75.7 Å². The SMILES string of the molecule is COc1cc(OC)cc(C2c3[nH]c4ccccc4c3CCN2c2nc(Cl)cc(Cl)n2)c1. The van der Waals surface area contributed by atoms with E-state index < -0.39 is 0 Å². The fourth-order valence-electron chi connectivity index (χ4n) is 4.30. The number of nitrogens with one attached hydrogen (secondary N) is 1. The zero-order valence-electron chi connectivity index (χ0n) is 17.0. The number of hydrogen-bond acceptors (Lipinski definition) is 5. The Morgan fingerprint density at radius 1 is 0.968 bits per heavy atom. The molecule has 8 heteroatoms. The minimum absolute atomic E-state index is 0.199. The average Bonchev–Trinajstić information content (AvgIpc) is 3.16. The molecule has 1 aliphatic rings. The molecule has 0 aliphatic carbocycles. The van der Waals surface area contributed by atoms with E-state index in [1.165, 1.54) is 17.0 Å². The maximum absolute atomic E-state index is 6.21. The molecule has 2 aromatic heterocycles. The summed E-state index contributed by atoms with van der Waals surface area (Å²) in [6, 6.07) is 15.5. The first-order valence-electron chi connectivity index (χ1n) is 9.86. The number of para-hydroxylation sites is 1. The quantitative estimate of drug-likeness (QED) is 0.416. The number of halogens is 2. The number of nitrogens with zero attached hydrogens (tertiary/aromatic N) is 3. The summed E-state index contributed by atoms with van der Waals surface area (Å²) in [5.41, 5.74) is 4.46. The number of anilines is 1. The van der Waals surface area contributed by atoms with Gasteiger partial charge in [-0.3, -0.25) is 0 Å². The monoisotopic (exact) mass is 454 g/mol. The highest BCUT2D eigenvalue weighted by Crippen LogP contribution is 2.42. The third-order valence-corrected chi connectivity index (χ3v) is 6.02. The Morgan fingerprint density at radius 2 is 1.65 bits per heavy atom. The third kappa shape index (κ3) is 3.56. The van der Waals surface area contributed by atoms with Crippen LogP contribution < -0.4 is 14.4 Å². The van der Waals surface area contributed by atoms with Gasteiger partial charge in [0.05, 0.1) is 20.3 Å². The fraction of sp³-hybridized carbons (Fsp3) is 0.217. The number of aromatic nitrogens is 3. The standard InChI is InChI=1S/C23H20Cl2N4O2/c1-30-14-9-13(10-15(11-14)31-2)22-21-17(16-5-3-4-6-18(16)26-21)7-8-29(22)23-27-19(24)12-20(25)28-23/h3-6,9-12,22,26H,7-8H2,1-2H3. The van der Waals surface area contributed by atoms with E-state index in [2.05, 4.69) is 38.1 Å². The number of aromatic amines is 1. The van der Waals surface area contributed by atoms with Gasteiger partial charge in [0.15, 0.2) is 0 Å². The van der Waals surface area contributed by atoms with Gasteiger partial charge in [0, 0.05) is 35.3 Å². The normalized spacial score (nSPS) is 15.7. The van der Waals surface area contributed by atoms with Crippen molar-refractivity contribution in [2.75, 3.05) is 25.7 Å². The van der Waals surface area contributed by atoms with Crippen LogP contribution in [0.5, 0.6) is 11.5 Å².